The second-order valence-electron chi connectivity index (χ2n) is 14.2. The van der Waals surface area contributed by atoms with E-state index in [1.807, 2.05) is 6.07 Å². The van der Waals surface area contributed by atoms with Crippen LogP contribution in [0.4, 0.5) is 17.1 Å². The second kappa shape index (κ2) is 13.0. The molecule has 2 aliphatic carbocycles. The molecule has 54 heavy (non-hydrogen) atoms. The van der Waals surface area contributed by atoms with Crippen molar-refractivity contribution >= 4 is 34.4 Å². The molecule has 0 saturated heterocycles. The van der Waals surface area contributed by atoms with E-state index in [0.717, 1.165) is 17.9 Å². The van der Waals surface area contributed by atoms with Crippen molar-refractivity contribution in [3.05, 3.63) is 232 Å². The van der Waals surface area contributed by atoms with Gasteiger partial charge in [-0.05, 0) is 111 Å². The SMILES string of the molecule is C/C=c1/cc(-c2ccc3c(c2)C(c2ccccc2)(c2ccccc2)c2ccccc2-3)cc2c1=C1C(=CC=CC1=Nc1ccccc1)CN2c1ccccc1. The zero-order chi connectivity index (χ0) is 36.1. The largest absolute Gasteiger partial charge is 0.336 e. The van der Waals surface area contributed by atoms with E-state index in [9.17, 15) is 0 Å². The normalized spacial score (nSPS) is 16.1. The zero-order valence-corrected chi connectivity index (χ0v) is 30.2. The second-order valence-corrected chi connectivity index (χ2v) is 14.2. The van der Waals surface area contributed by atoms with Crippen molar-refractivity contribution in [2.75, 3.05) is 11.4 Å². The van der Waals surface area contributed by atoms with Crippen LogP contribution in [0, 0.1) is 0 Å². The Bertz CT molecular complexity index is 2740. The van der Waals surface area contributed by atoms with Crippen LogP contribution in [0.5, 0.6) is 0 Å². The Balaban J connectivity index is 1.25. The Morgan fingerprint density at radius 1 is 0.593 bits per heavy atom. The standard InChI is InChI=1S/C52H38N2/c1-2-36-32-39(34-49-51(36)50-38(35-54(49)43-25-13-6-14-26-43)18-17-29-48(50)53-42-23-11-5-12-24-42)37-30-31-45-44-27-15-16-28-46(44)52(47(45)33-37,40-19-7-3-8-20-40)41-21-9-4-10-22-41/h2-34H,35H2,1H3/b36-2-,53-48?. The number of benzene rings is 7. The number of aliphatic imine (C=N–C) groups is 1. The van der Waals surface area contributed by atoms with Gasteiger partial charge in [-0.3, -0.25) is 0 Å². The summed E-state index contributed by atoms with van der Waals surface area (Å²) in [6.45, 7) is 2.91. The molecular formula is C52H38N2. The number of para-hydroxylation sites is 2. The molecule has 7 aromatic carbocycles. The Morgan fingerprint density at radius 3 is 1.93 bits per heavy atom. The minimum atomic E-state index is -0.457. The van der Waals surface area contributed by atoms with Crippen LogP contribution in [-0.4, -0.2) is 12.3 Å². The first-order chi connectivity index (χ1) is 26.7. The summed E-state index contributed by atoms with van der Waals surface area (Å²) < 4.78 is 0. The van der Waals surface area contributed by atoms with Gasteiger partial charge in [0, 0.05) is 23.0 Å². The maximum absolute atomic E-state index is 5.21. The van der Waals surface area contributed by atoms with Gasteiger partial charge in [0.15, 0.2) is 0 Å². The van der Waals surface area contributed by atoms with Crippen molar-refractivity contribution < 1.29 is 0 Å². The molecule has 2 heteroatoms. The molecule has 0 atom stereocenters. The molecule has 1 aliphatic heterocycles. The predicted octanol–water partition coefficient (Wildman–Crippen LogP) is 11.1. The first-order valence-corrected chi connectivity index (χ1v) is 18.8. The average molecular weight is 691 g/mol. The van der Waals surface area contributed by atoms with Crippen molar-refractivity contribution in [1.29, 1.82) is 0 Å². The topological polar surface area (TPSA) is 15.6 Å². The van der Waals surface area contributed by atoms with Gasteiger partial charge in [0.25, 0.3) is 0 Å². The van der Waals surface area contributed by atoms with Gasteiger partial charge in [-0.15, -0.1) is 0 Å². The quantitative estimate of drug-likeness (QED) is 0.176. The molecular weight excluding hydrogens is 653 g/mol. The number of allylic oxidation sites excluding steroid dienone is 3. The zero-order valence-electron chi connectivity index (χ0n) is 30.2. The Kier molecular flexibility index (Phi) is 7.70. The molecule has 1 heterocycles. The van der Waals surface area contributed by atoms with Crippen LogP contribution in [0.1, 0.15) is 29.2 Å². The van der Waals surface area contributed by atoms with Gasteiger partial charge in [0.2, 0.25) is 0 Å². The van der Waals surface area contributed by atoms with Crippen molar-refractivity contribution in [2.45, 2.75) is 12.3 Å². The molecule has 3 aliphatic rings. The van der Waals surface area contributed by atoms with Gasteiger partial charge >= 0.3 is 0 Å². The van der Waals surface area contributed by atoms with Gasteiger partial charge in [-0.1, -0.05) is 152 Å². The molecule has 10 rings (SSSR count). The Morgan fingerprint density at radius 2 is 1.22 bits per heavy atom. The molecule has 256 valence electrons. The summed E-state index contributed by atoms with van der Waals surface area (Å²) in [5, 5.41) is 2.42. The van der Waals surface area contributed by atoms with Crippen LogP contribution in [0.25, 0.3) is 33.9 Å². The van der Waals surface area contributed by atoms with Gasteiger partial charge in [-0.2, -0.15) is 0 Å². The van der Waals surface area contributed by atoms with E-state index in [4.69, 9.17) is 4.99 Å². The van der Waals surface area contributed by atoms with Crippen molar-refractivity contribution in [1.82, 2.24) is 0 Å². The number of hydrogen-bond acceptors (Lipinski definition) is 2. The highest BCUT2D eigenvalue weighted by Crippen LogP contribution is 2.56. The number of anilines is 2. The first kappa shape index (κ1) is 31.9. The number of fused-ring (bicyclic) bond motifs is 5. The molecule has 0 aromatic heterocycles. The van der Waals surface area contributed by atoms with E-state index >= 15 is 0 Å². The molecule has 0 N–H and O–H groups in total. The number of nitrogens with zero attached hydrogens (tertiary/aromatic N) is 2. The lowest BCUT2D eigenvalue weighted by Gasteiger charge is -2.34. The van der Waals surface area contributed by atoms with E-state index < -0.39 is 5.41 Å². The summed E-state index contributed by atoms with van der Waals surface area (Å²) in [6.07, 6.45) is 8.83. The summed E-state index contributed by atoms with van der Waals surface area (Å²) in [6, 6.07) is 64.1. The third kappa shape index (κ3) is 4.98. The third-order valence-electron chi connectivity index (χ3n) is 11.3. The molecule has 0 unspecified atom stereocenters. The van der Waals surface area contributed by atoms with Crippen molar-refractivity contribution in [3.63, 3.8) is 0 Å². The molecule has 0 amide bonds. The Hall–Kier alpha value is -6.77. The van der Waals surface area contributed by atoms with Crippen LogP contribution in [0.15, 0.2) is 205 Å². The molecule has 0 radical (unpaired) electrons. The third-order valence-corrected chi connectivity index (χ3v) is 11.3. The fraction of sp³-hybridized carbons (Fsp3) is 0.0577. The molecule has 0 saturated carbocycles. The Labute approximate surface area is 316 Å². The van der Waals surface area contributed by atoms with E-state index in [2.05, 4.69) is 206 Å². The molecule has 0 fully saturated rings. The van der Waals surface area contributed by atoms with E-state index in [0.29, 0.717) is 0 Å². The highest BCUT2D eigenvalue weighted by atomic mass is 15.1. The number of hydrogen-bond donors (Lipinski definition) is 0. The van der Waals surface area contributed by atoms with Crippen molar-refractivity contribution in [2.24, 2.45) is 4.99 Å². The minimum Gasteiger partial charge on any atom is -0.336 e. The van der Waals surface area contributed by atoms with Gasteiger partial charge < -0.3 is 4.90 Å². The van der Waals surface area contributed by atoms with Crippen LogP contribution in [-0.2, 0) is 5.41 Å². The van der Waals surface area contributed by atoms with Crippen LogP contribution in [0.3, 0.4) is 0 Å². The van der Waals surface area contributed by atoms with Gasteiger partial charge in [-0.25, -0.2) is 4.99 Å². The van der Waals surface area contributed by atoms with Gasteiger partial charge in [0.1, 0.15) is 0 Å². The van der Waals surface area contributed by atoms with E-state index in [1.165, 1.54) is 77.5 Å². The average Bonchev–Trinajstić information content (AvgIpc) is 3.54. The van der Waals surface area contributed by atoms with Crippen LogP contribution in [0.2, 0.25) is 0 Å². The lowest BCUT2D eigenvalue weighted by Crippen LogP contribution is -2.42. The molecule has 7 aromatic rings. The fourth-order valence-electron chi connectivity index (χ4n) is 8.99. The van der Waals surface area contributed by atoms with Crippen molar-refractivity contribution in [3.8, 4) is 22.3 Å². The number of rotatable bonds is 5. The highest BCUT2D eigenvalue weighted by Gasteiger charge is 2.46. The molecule has 0 spiro atoms. The maximum atomic E-state index is 5.21. The molecule has 0 bridgehead atoms. The predicted molar refractivity (Wildman–Crippen MR) is 226 cm³/mol. The lowest BCUT2D eigenvalue weighted by atomic mass is 9.67. The summed E-state index contributed by atoms with van der Waals surface area (Å²) >= 11 is 0. The molecule has 2 nitrogen and oxygen atoms in total. The van der Waals surface area contributed by atoms with Gasteiger partial charge in [0.05, 0.1) is 22.5 Å². The van der Waals surface area contributed by atoms with E-state index in [1.54, 1.807) is 0 Å². The maximum Gasteiger partial charge on any atom is 0.0719 e. The summed E-state index contributed by atoms with van der Waals surface area (Å²) in [7, 11) is 0. The highest BCUT2D eigenvalue weighted by molar-refractivity contribution is 6.31. The van der Waals surface area contributed by atoms with Crippen LogP contribution >= 0.6 is 0 Å². The minimum absolute atomic E-state index is 0.457. The summed E-state index contributed by atoms with van der Waals surface area (Å²) in [5.74, 6) is 0. The van der Waals surface area contributed by atoms with Crippen LogP contribution < -0.4 is 15.3 Å². The first-order valence-electron chi connectivity index (χ1n) is 18.8. The fourth-order valence-corrected chi connectivity index (χ4v) is 8.99. The van der Waals surface area contributed by atoms with E-state index in [-0.39, 0.29) is 0 Å². The lowest BCUT2D eigenvalue weighted by molar-refractivity contribution is 0.769. The smallest absolute Gasteiger partial charge is 0.0719 e. The monoisotopic (exact) mass is 690 g/mol. The summed E-state index contributed by atoms with van der Waals surface area (Å²) in [5.41, 5.74) is 16.5. The summed E-state index contributed by atoms with van der Waals surface area (Å²) in [4.78, 5) is 7.68.